The first-order valence-electron chi connectivity index (χ1n) is 4.70. The maximum absolute atomic E-state index is 3.67. The Morgan fingerprint density at radius 3 is 2.55 bits per heavy atom. The summed E-state index contributed by atoms with van der Waals surface area (Å²) in [5.74, 6) is 1.00. The maximum Gasteiger partial charge on any atom is 0.0226 e. The Balaban J connectivity index is 1.89. The van der Waals surface area contributed by atoms with Gasteiger partial charge in [-0.3, -0.25) is 0 Å². The number of hydrogen-bond acceptors (Lipinski definition) is 2. The molecule has 1 N–H and O–H groups in total. The third-order valence-electron chi connectivity index (χ3n) is 2.78. The second kappa shape index (κ2) is 2.76. The molecule has 0 aromatic rings. The Labute approximate surface area is 69.0 Å². The number of hydrogen-bond donors (Lipinski definition) is 1. The molecule has 2 rings (SSSR count). The zero-order chi connectivity index (χ0) is 7.84. The summed E-state index contributed by atoms with van der Waals surface area (Å²) < 4.78 is 0. The summed E-state index contributed by atoms with van der Waals surface area (Å²) in [5.41, 5.74) is 0. The first-order valence-corrected chi connectivity index (χ1v) is 4.70. The molecule has 2 heteroatoms. The molecule has 0 amide bonds. The van der Waals surface area contributed by atoms with Gasteiger partial charge in [-0.25, -0.2) is 0 Å². The van der Waals surface area contributed by atoms with E-state index >= 15 is 0 Å². The lowest BCUT2D eigenvalue weighted by Crippen LogP contribution is -2.54. The highest BCUT2D eigenvalue weighted by Gasteiger charge is 2.34. The molecule has 2 unspecified atom stereocenters. The van der Waals surface area contributed by atoms with Crippen LogP contribution < -0.4 is 5.32 Å². The van der Waals surface area contributed by atoms with Gasteiger partial charge in [-0.1, -0.05) is 0 Å². The van der Waals surface area contributed by atoms with Crippen LogP contribution >= 0.6 is 0 Å². The lowest BCUT2D eigenvalue weighted by atomic mass is 10.1. The van der Waals surface area contributed by atoms with Crippen molar-refractivity contribution in [2.45, 2.75) is 31.8 Å². The summed E-state index contributed by atoms with van der Waals surface area (Å²) in [7, 11) is 2.23. The summed E-state index contributed by atoms with van der Waals surface area (Å²) in [5, 5.41) is 3.67. The lowest BCUT2D eigenvalue weighted by Gasteiger charge is -2.35. The Kier molecular flexibility index (Phi) is 1.90. The van der Waals surface area contributed by atoms with E-state index in [9.17, 15) is 0 Å². The van der Waals surface area contributed by atoms with Crippen LogP contribution in [0.25, 0.3) is 0 Å². The van der Waals surface area contributed by atoms with E-state index in [1.54, 1.807) is 0 Å². The summed E-state index contributed by atoms with van der Waals surface area (Å²) in [6, 6.07) is 1.49. The zero-order valence-corrected chi connectivity index (χ0v) is 7.51. The molecule has 0 spiro atoms. The third kappa shape index (κ3) is 1.74. The van der Waals surface area contributed by atoms with Crippen molar-refractivity contribution in [1.29, 1.82) is 0 Å². The van der Waals surface area contributed by atoms with E-state index in [-0.39, 0.29) is 0 Å². The topological polar surface area (TPSA) is 15.3 Å². The second-order valence-electron chi connectivity index (χ2n) is 4.23. The van der Waals surface area contributed by atoms with Crippen molar-refractivity contribution in [3.05, 3.63) is 0 Å². The van der Waals surface area contributed by atoms with Gasteiger partial charge in [0.2, 0.25) is 0 Å². The fourth-order valence-electron chi connectivity index (χ4n) is 2.13. The minimum absolute atomic E-state index is 0.694. The highest BCUT2D eigenvalue weighted by atomic mass is 15.2. The molecule has 0 bridgehead atoms. The molecule has 0 aromatic carbocycles. The second-order valence-corrected chi connectivity index (χ2v) is 4.23. The van der Waals surface area contributed by atoms with E-state index in [1.807, 2.05) is 0 Å². The third-order valence-corrected chi connectivity index (χ3v) is 2.78. The summed E-state index contributed by atoms with van der Waals surface area (Å²) in [4.78, 5) is 2.45. The normalized spacial score (nSPS) is 40.9. The fourth-order valence-corrected chi connectivity index (χ4v) is 2.13. The standard InChI is InChI=1S/C9H18N2/c1-7-5-11(2)6-9(10-7)8-3-4-8/h7-10H,3-6H2,1-2H3. The van der Waals surface area contributed by atoms with Gasteiger partial charge in [-0.15, -0.1) is 0 Å². The Hall–Kier alpha value is -0.0800. The van der Waals surface area contributed by atoms with Gasteiger partial charge in [-0.2, -0.15) is 0 Å². The molecule has 1 heterocycles. The van der Waals surface area contributed by atoms with Crippen molar-refractivity contribution in [1.82, 2.24) is 10.2 Å². The first-order chi connectivity index (χ1) is 5.25. The van der Waals surface area contributed by atoms with Gasteiger partial charge in [0.15, 0.2) is 0 Å². The van der Waals surface area contributed by atoms with Gasteiger partial charge in [0, 0.05) is 25.2 Å². The Morgan fingerprint density at radius 1 is 1.27 bits per heavy atom. The minimum Gasteiger partial charge on any atom is -0.309 e. The van der Waals surface area contributed by atoms with Crippen molar-refractivity contribution in [3.63, 3.8) is 0 Å². The van der Waals surface area contributed by atoms with Crippen LogP contribution in [0.2, 0.25) is 0 Å². The predicted octanol–water partition coefficient (Wildman–Crippen LogP) is 0.688. The smallest absolute Gasteiger partial charge is 0.0226 e. The van der Waals surface area contributed by atoms with Crippen molar-refractivity contribution in [3.8, 4) is 0 Å². The van der Waals surface area contributed by atoms with Gasteiger partial charge in [0.05, 0.1) is 0 Å². The van der Waals surface area contributed by atoms with Crippen LogP contribution in [-0.2, 0) is 0 Å². The molecule has 1 aliphatic carbocycles. The van der Waals surface area contributed by atoms with Crippen molar-refractivity contribution < 1.29 is 0 Å². The lowest BCUT2D eigenvalue weighted by molar-refractivity contribution is 0.187. The average Bonchev–Trinajstić information content (AvgIpc) is 2.64. The van der Waals surface area contributed by atoms with Crippen LogP contribution in [0, 0.1) is 5.92 Å². The number of likely N-dealkylation sites (N-methyl/N-ethyl adjacent to an activating group) is 1. The quantitative estimate of drug-likeness (QED) is 0.598. The summed E-state index contributed by atoms with van der Waals surface area (Å²) in [6.45, 7) is 4.75. The van der Waals surface area contributed by atoms with Crippen molar-refractivity contribution in [2.75, 3.05) is 20.1 Å². The van der Waals surface area contributed by atoms with Gasteiger partial charge in [-0.05, 0) is 32.7 Å². The molecule has 1 saturated heterocycles. The average molecular weight is 154 g/mol. The molecular weight excluding hydrogens is 136 g/mol. The minimum atomic E-state index is 0.694. The van der Waals surface area contributed by atoms with Crippen LogP contribution in [0.1, 0.15) is 19.8 Å². The van der Waals surface area contributed by atoms with Gasteiger partial charge >= 0.3 is 0 Å². The van der Waals surface area contributed by atoms with E-state index in [0.717, 1.165) is 12.0 Å². The number of nitrogens with zero attached hydrogens (tertiary/aromatic N) is 1. The molecule has 2 aliphatic rings. The van der Waals surface area contributed by atoms with E-state index in [1.165, 1.54) is 25.9 Å². The van der Waals surface area contributed by atoms with Crippen LogP contribution in [0.5, 0.6) is 0 Å². The van der Waals surface area contributed by atoms with E-state index in [4.69, 9.17) is 0 Å². The van der Waals surface area contributed by atoms with Crippen LogP contribution in [0.4, 0.5) is 0 Å². The maximum atomic E-state index is 3.67. The Morgan fingerprint density at radius 2 is 2.00 bits per heavy atom. The van der Waals surface area contributed by atoms with Crippen molar-refractivity contribution >= 4 is 0 Å². The van der Waals surface area contributed by atoms with E-state index in [2.05, 4.69) is 24.2 Å². The van der Waals surface area contributed by atoms with Gasteiger partial charge in [0.25, 0.3) is 0 Å². The molecule has 1 saturated carbocycles. The Bertz CT molecular complexity index is 132. The number of nitrogens with one attached hydrogen (secondary N) is 1. The fraction of sp³-hybridized carbons (Fsp3) is 1.00. The largest absolute Gasteiger partial charge is 0.309 e. The first kappa shape index (κ1) is 7.56. The molecular formula is C9H18N2. The van der Waals surface area contributed by atoms with Gasteiger partial charge < -0.3 is 10.2 Å². The molecule has 2 fully saturated rings. The number of rotatable bonds is 1. The zero-order valence-electron chi connectivity index (χ0n) is 7.51. The molecule has 0 radical (unpaired) electrons. The highest BCUT2D eigenvalue weighted by molar-refractivity contribution is 4.92. The van der Waals surface area contributed by atoms with Gasteiger partial charge in [0.1, 0.15) is 0 Å². The highest BCUT2D eigenvalue weighted by Crippen LogP contribution is 2.33. The molecule has 11 heavy (non-hydrogen) atoms. The summed E-state index contributed by atoms with van der Waals surface area (Å²) in [6.07, 6.45) is 2.91. The van der Waals surface area contributed by atoms with Crippen LogP contribution in [-0.4, -0.2) is 37.1 Å². The molecule has 2 nitrogen and oxygen atoms in total. The molecule has 0 aromatic heterocycles. The van der Waals surface area contributed by atoms with Crippen molar-refractivity contribution in [2.24, 2.45) is 5.92 Å². The van der Waals surface area contributed by atoms with Crippen LogP contribution in [0.3, 0.4) is 0 Å². The molecule has 64 valence electrons. The van der Waals surface area contributed by atoms with E-state index in [0.29, 0.717) is 6.04 Å². The molecule has 1 aliphatic heterocycles. The van der Waals surface area contributed by atoms with Crippen LogP contribution in [0.15, 0.2) is 0 Å². The monoisotopic (exact) mass is 154 g/mol. The molecule has 2 atom stereocenters. The number of piperazine rings is 1. The SMILES string of the molecule is CC1CN(C)CC(C2CC2)N1. The predicted molar refractivity (Wildman–Crippen MR) is 46.6 cm³/mol. The van der Waals surface area contributed by atoms with E-state index < -0.39 is 0 Å². The summed E-state index contributed by atoms with van der Waals surface area (Å²) >= 11 is 0.